The second kappa shape index (κ2) is 6.05. The average molecular weight is 299 g/mol. The summed E-state index contributed by atoms with van der Waals surface area (Å²) >= 11 is 0. The summed E-state index contributed by atoms with van der Waals surface area (Å²) < 4.78 is 10.3. The van der Waals surface area contributed by atoms with Crippen LogP contribution in [-0.2, 0) is 20.7 Å². The number of amides is 1. The van der Waals surface area contributed by atoms with Crippen LogP contribution in [0.4, 0.5) is 0 Å². The lowest BCUT2D eigenvalue weighted by atomic mass is 9.80. The first-order valence-corrected chi connectivity index (χ1v) is 7.19. The van der Waals surface area contributed by atoms with E-state index in [1.54, 1.807) is 12.5 Å². The quantitative estimate of drug-likeness (QED) is 0.677. The van der Waals surface area contributed by atoms with Gasteiger partial charge in [-0.05, 0) is 23.6 Å². The van der Waals surface area contributed by atoms with Crippen LogP contribution in [0.25, 0.3) is 0 Å². The maximum Gasteiger partial charge on any atom is 0.303 e. The zero-order chi connectivity index (χ0) is 15.5. The van der Waals surface area contributed by atoms with Gasteiger partial charge < -0.3 is 14.5 Å². The van der Waals surface area contributed by atoms with Crippen LogP contribution in [0.15, 0.2) is 53.3 Å². The third-order valence-corrected chi connectivity index (χ3v) is 3.88. The first kappa shape index (κ1) is 14.4. The summed E-state index contributed by atoms with van der Waals surface area (Å²) in [6.07, 6.45) is 3.29. The summed E-state index contributed by atoms with van der Waals surface area (Å²) in [5, 5.41) is 2.86. The Labute approximate surface area is 128 Å². The van der Waals surface area contributed by atoms with Gasteiger partial charge in [0, 0.05) is 12.8 Å². The molecular weight excluding hydrogens is 282 g/mol. The Morgan fingerprint density at radius 1 is 1.32 bits per heavy atom. The second-order valence-electron chi connectivity index (χ2n) is 5.42. The number of β-lactam (4-membered cyclic amide) rings is 1. The fourth-order valence-electron chi connectivity index (χ4n) is 2.82. The lowest BCUT2D eigenvalue weighted by Crippen LogP contribution is -2.66. The third-order valence-electron chi connectivity index (χ3n) is 3.88. The van der Waals surface area contributed by atoms with Crippen LogP contribution in [-0.4, -0.2) is 24.0 Å². The molecule has 1 fully saturated rings. The Morgan fingerprint density at radius 3 is 2.68 bits per heavy atom. The number of rotatable bonds is 5. The molecule has 1 aliphatic heterocycles. The summed E-state index contributed by atoms with van der Waals surface area (Å²) in [7, 11) is 0. The largest absolute Gasteiger partial charge is 0.472 e. The molecule has 1 amide bonds. The van der Waals surface area contributed by atoms with E-state index < -0.39 is 12.1 Å². The number of carbonyl (C=O) groups is 2. The van der Waals surface area contributed by atoms with Crippen LogP contribution in [0.3, 0.4) is 0 Å². The second-order valence-corrected chi connectivity index (χ2v) is 5.42. The molecule has 2 aromatic rings. The molecule has 1 aromatic carbocycles. The van der Waals surface area contributed by atoms with Crippen molar-refractivity contribution in [3.63, 3.8) is 0 Å². The van der Waals surface area contributed by atoms with Crippen molar-refractivity contribution in [2.24, 2.45) is 0 Å². The van der Waals surface area contributed by atoms with Crippen LogP contribution in [0, 0.1) is 0 Å². The Balaban J connectivity index is 1.85. The Hall–Kier alpha value is -2.56. The van der Waals surface area contributed by atoms with Gasteiger partial charge in [0.1, 0.15) is 0 Å². The highest BCUT2D eigenvalue weighted by molar-refractivity contribution is 5.90. The predicted octanol–water partition coefficient (Wildman–Crippen LogP) is 2.04. The molecule has 3 unspecified atom stereocenters. The molecule has 0 spiro atoms. The minimum Gasteiger partial charge on any atom is -0.472 e. The number of carbonyl (C=O) groups excluding carboxylic acids is 2. The Morgan fingerprint density at radius 2 is 2.09 bits per heavy atom. The van der Waals surface area contributed by atoms with Crippen LogP contribution in [0.5, 0.6) is 0 Å². The number of nitrogens with one attached hydrogen (secondary N) is 1. The van der Waals surface area contributed by atoms with E-state index in [-0.39, 0.29) is 17.9 Å². The molecule has 3 atom stereocenters. The maximum atomic E-state index is 11.7. The number of ether oxygens (including phenoxy) is 1. The van der Waals surface area contributed by atoms with Crippen molar-refractivity contribution < 1.29 is 18.7 Å². The number of esters is 1. The molecule has 5 heteroatoms. The minimum atomic E-state index is -0.727. The van der Waals surface area contributed by atoms with Gasteiger partial charge in [-0.15, -0.1) is 0 Å². The molecule has 1 aromatic heterocycles. The zero-order valence-electron chi connectivity index (χ0n) is 12.2. The molecule has 0 aliphatic carbocycles. The summed E-state index contributed by atoms with van der Waals surface area (Å²) in [5.41, 5.74) is 2.13. The van der Waals surface area contributed by atoms with Crippen molar-refractivity contribution in [2.75, 3.05) is 0 Å². The Kier molecular flexibility index (Phi) is 3.96. The van der Waals surface area contributed by atoms with E-state index >= 15 is 0 Å². The van der Waals surface area contributed by atoms with E-state index in [1.807, 2.05) is 36.4 Å². The van der Waals surface area contributed by atoms with E-state index in [2.05, 4.69) is 5.32 Å². The molecule has 22 heavy (non-hydrogen) atoms. The highest BCUT2D eigenvalue weighted by Gasteiger charge is 2.46. The molecule has 114 valence electrons. The standard InChI is InChI=1S/C17H17NO4/c1-11(19)22-16-15(18-17(16)20)14(9-12-7-8-21-10-12)13-5-3-2-4-6-13/h2-8,10,14-16H,9H2,1H3,(H,18,20). The summed E-state index contributed by atoms with van der Waals surface area (Å²) in [5.74, 6) is -0.672. The average Bonchev–Trinajstić information content (AvgIpc) is 3.02. The summed E-state index contributed by atoms with van der Waals surface area (Å²) in [4.78, 5) is 22.9. The van der Waals surface area contributed by atoms with Gasteiger partial charge in [0.15, 0.2) is 0 Å². The molecule has 3 rings (SSSR count). The van der Waals surface area contributed by atoms with E-state index in [0.29, 0.717) is 6.42 Å². The van der Waals surface area contributed by atoms with Gasteiger partial charge in [-0.2, -0.15) is 0 Å². The van der Waals surface area contributed by atoms with Gasteiger partial charge in [-0.25, -0.2) is 0 Å². The van der Waals surface area contributed by atoms with E-state index in [0.717, 1.165) is 11.1 Å². The molecule has 1 N–H and O–H groups in total. The van der Waals surface area contributed by atoms with Gasteiger partial charge in [0.05, 0.1) is 18.6 Å². The SMILES string of the molecule is CC(=O)OC1C(=O)NC1C(Cc1ccoc1)c1ccccc1. The van der Waals surface area contributed by atoms with Crippen molar-refractivity contribution in [3.8, 4) is 0 Å². The molecular formula is C17H17NO4. The number of furan rings is 1. The highest BCUT2D eigenvalue weighted by Crippen LogP contribution is 2.31. The summed E-state index contributed by atoms with van der Waals surface area (Å²) in [6.45, 7) is 1.32. The van der Waals surface area contributed by atoms with E-state index in [1.165, 1.54) is 6.92 Å². The topological polar surface area (TPSA) is 68.5 Å². The normalized spacial score (nSPS) is 21.6. The molecule has 5 nitrogen and oxygen atoms in total. The van der Waals surface area contributed by atoms with Gasteiger partial charge in [0.25, 0.3) is 5.91 Å². The van der Waals surface area contributed by atoms with Gasteiger partial charge >= 0.3 is 5.97 Å². The molecule has 0 radical (unpaired) electrons. The fourth-order valence-corrected chi connectivity index (χ4v) is 2.82. The van der Waals surface area contributed by atoms with Crippen molar-refractivity contribution >= 4 is 11.9 Å². The maximum absolute atomic E-state index is 11.7. The lowest BCUT2D eigenvalue weighted by molar-refractivity contribution is -0.165. The van der Waals surface area contributed by atoms with Gasteiger partial charge in [0.2, 0.25) is 6.10 Å². The fraction of sp³-hybridized carbons (Fsp3) is 0.294. The van der Waals surface area contributed by atoms with Crippen LogP contribution < -0.4 is 5.32 Å². The molecule has 0 bridgehead atoms. The lowest BCUT2D eigenvalue weighted by Gasteiger charge is -2.40. The van der Waals surface area contributed by atoms with E-state index in [4.69, 9.17) is 9.15 Å². The monoisotopic (exact) mass is 299 g/mol. The van der Waals surface area contributed by atoms with Crippen molar-refractivity contribution in [2.45, 2.75) is 31.4 Å². The van der Waals surface area contributed by atoms with Crippen LogP contribution in [0.1, 0.15) is 24.0 Å². The van der Waals surface area contributed by atoms with Gasteiger partial charge in [-0.3, -0.25) is 9.59 Å². The molecule has 0 saturated carbocycles. The van der Waals surface area contributed by atoms with Crippen molar-refractivity contribution in [3.05, 3.63) is 60.1 Å². The van der Waals surface area contributed by atoms with E-state index in [9.17, 15) is 9.59 Å². The third kappa shape index (κ3) is 2.88. The number of hydrogen-bond donors (Lipinski definition) is 1. The summed E-state index contributed by atoms with van der Waals surface area (Å²) in [6, 6.07) is 11.6. The van der Waals surface area contributed by atoms with Crippen LogP contribution in [0.2, 0.25) is 0 Å². The first-order chi connectivity index (χ1) is 10.6. The highest BCUT2D eigenvalue weighted by atomic mass is 16.6. The number of benzene rings is 1. The van der Waals surface area contributed by atoms with Crippen LogP contribution >= 0.6 is 0 Å². The minimum absolute atomic E-state index is 0.0147. The van der Waals surface area contributed by atoms with Gasteiger partial charge in [-0.1, -0.05) is 30.3 Å². The smallest absolute Gasteiger partial charge is 0.303 e. The molecule has 1 saturated heterocycles. The van der Waals surface area contributed by atoms with Crippen molar-refractivity contribution in [1.29, 1.82) is 0 Å². The molecule has 2 heterocycles. The number of hydrogen-bond acceptors (Lipinski definition) is 4. The van der Waals surface area contributed by atoms with Crippen molar-refractivity contribution in [1.82, 2.24) is 5.32 Å². The first-order valence-electron chi connectivity index (χ1n) is 7.19. The predicted molar refractivity (Wildman–Crippen MR) is 79.1 cm³/mol. The Bertz CT molecular complexity index is 651. The zero-order valence-corrected chi connectivity index (χ0v) is 12.2. The molecule has 1 aliphatic rings.